The van der Waals surface area contributed by atoms with E-state index < -0.39 is 18.0 Å². The molecule has 0 saturated heterocycles. The predicted octanol–water partition coefficient (Wildman–Crippen LogP) is 3.80. The Balaban J connectivity index is 1.92. The number of carbonyl (C=O) groups is 2. The summed E-state index contributed by atoms with van der Waals surface area (Å²) in [6.45, 7) is 4.35. The van der Waals surface area contributed by atoms with Crippen LogP contribution in [0, 0.1) is 0 Å². The molecule has 1 aromatic heterocycles. The van der Waals surface area contributed by atoms with E-state index in [1.807, 2.05) is 43.1 Å². The molecule has 3 rings (SSSR count). The lowest BCUT2D eigenvalue weighted by atomic mass is 9.99. The van der Waals surface area contributed by atoms with Crippen LogP contribution in [0.15, 0.2) is 58.3 Å². The van der Waals surface area contributed by atoms with Gasteiger partial charge < -0.3 is 19.8 Å². The molecule has 154 valence electrons. The van der Waals surface area contributed by atoms with Gasteiger partial charge in [-0.2, -0.15) is 0 Å². The van der Waals surface area contributed by atoms with Crippen molar-refractivity contribution in [2.45, 2.75) is 25.9 Å². The minimum absolute atomic E-state index is 0.0251. The molecule has 29 heavy (non-hydrogen) atoms. The molecule has 8 heteroatoms. The molecule has 1 aliphatic rings. The molecule has 0 saturated carbocycles. The van der Waals surface area contributed by atoms with E-state index in [-0.39, 0.29) is 12.6 Å². The molecule has 2 unspecified atom stereocenters. The Morgan fingerprint density at radius 2 is 2.03 bits per heavy atom. The van der Waals surface area contributed by atoms with Crippen LogP contribution in [0.4, 0.5) is 4.79 Å². The van der Waals surface area contributed by atoms with Crippen LogP contribution >= 0.6 is 11.6 Å². The summed E-state index contributed by atoms with van der Waals surface area (Å²) in [6, 6.07) is 9.92. The zero-order valence-corrected chi connectivity index (χ0v) is 17.3. The fourth-order valence-electron chi connectivity index (χ4n) is 3.24. The van der Waals surface area contributed by atoms with Crippen molar-refractivity contribution in [3.8, 4) is 0 Å². The molecule has 2 heterocycles. The fraction of sp³-hybridized carbons (Fsp3) is 0.333. The first kappa shape index (κ1) is 21.0. The second-order valence-corrected chi connectivity index (χ2v) is 7.24. The first-order chi connectivity index (χ1) is 13.9. The number of furan rings is 1. The summed E-state index contributed by atoms with van der Waals surface area (Å²) in [6.07, 6.45) is 1.50. The van der Waals surface area contributed by atoms with Gasteiger partial charge in [0.1, 0.15) is 11.8 Å². The van der Waals surface area contributed by atoms with E-state index in [9.17, 15) is 9.59 Å². The summed E-state index contributed by atoms with van der Waals surface area (Å²) in [4.78, 5) is 27.0. The van der Waals surface area contributed by atoms with Gasteiger partial charge in [-0.1, -0.05) is 23.7 Å². The van der Waals surface area contributed by atoms with Crippen LogP contribution in [0.5, 0.6) is 0 Å². The normalized spacial score (nSPS) is 17.7. The second-order valence-electron chi connectivity index (χ2n) is 6.80. The number of nitrogens with one attached hydrogen (secondary N) is 2. The van der Waals surface area contributed by atoms with Crippen molar-refractivity contribution in [2.24, 2.45) is 0 Å². The highest BCUT2D eigenvalue weighted by atomic mass is 35.5. The van der Waals surface area contributed by atoms with Gasteiger partial charge in [-0.25, -0.2) is 9.59 Å². The SMILES string of the molecule is CCOC(=O)C1=C(CN(C)C(C)c2ccc(Cl)cc2)NC(=O)NC1c1ccco1. The van der Waals surface area contributed by atoms with Crippen molar-refractivity contribution >= 4 is 23.6 Å². The smallest absolute Gasteiger partial charge is 0.338 e. The molecule has 1 aromatic carbocycles. The first-order valence-electron chi connectivity index (χ1n) is 9.37. The quantitative estimate of drug-likeness (QED) is 0.669. The maximum Gasteiger partial charge on any atom is 0.338 e. The lowest BCUT2D eigenvalue weighted by Crippen LogP contribution is -2.48. The molecular formula is C21H24ClN3O4. The maximum atomic E-state index is 12.7. The zero-order chi connectivity index (χ0) is 21.0. The number of rotatable bonds is 7. The van der Waals surface area contributed by atoms with Crippen LogP contribution in [0.25, 0.3) is 0 Å². The molecule has 0 spiro atoms. The lowest BCUT2D eigenvalue weighted by Gasteiger charge is -2.32. The Bertz CT molecular complexity index is 893. The summed E-state index contributed by atoms with van der Waals surface area (Å²) in [5, 5.41) is 6.18. The molecule has 0 radical (unpaired) electrons. The largest absolute Gasteiger partial charge is 0.467 e. The summed E-state index contributed by atoms with van der Waals surface area (Å²) >= 11 is 5.98. The summed E-state index contributed by atoms with van der Waals surface area (Å²) in [7, 11) is 1.92. The molecule has 2 N–H and O–H groups in total. The van der Waals surface area contributed by atoms with Gasteiger partial charge >= 0.3 is 12.0 Å². The number of likely N-dealkylation sites (N-methyl/N-ethyl adjacent to an activating group) is 1. The molecule has 2 atom stereocenters. The van der Waals surface area contributed by atoms with Gasteiger partial charge in [0, 0.05) is 23.3 Å². The van der Waals surface area contributed by atoms with E-state index in [4.69, 9.17) is 20.8 Å². The molecule has 2 aromatic rings. The number of carbonyl (C=O) groups excluding carboxylic acids is 2. The highest BCUT2D eigenvalue weighted by Gasteiger charge is 2.35. The van der Waals surface area contributed by atoms with E-state index in [1.54, 1.807) is 19.1 Å². The number of nitrogens with zero attached hydrogens (tertiary/aromatic N) is 1. The Morgan fingerprint density at radius 3 is 2.66 bits per heavy atom. The molecule has 1 aliphatic heterocycles. The van der Waals surface area contributed by atoms with E-state index in [2.05, 4.69) is 10.6 Å². The van der Waals surface area contributed by atoms with Gasteiger partial charge in [0.05, 0.1) is 18.4 Å². The van der Waals surface area contributed by atoms with Crippen LogP contribution in [-0.4, -0.2) is 37.1 Å². The molecule has 2 amide bonds. The van der Waals surface area contributed by atoms with Gasteiger partial charge in [0.15, 0.2) is 0 Å². The highest BCUT2D eigenvalue weighted by Crippen LogP contribution is 2.29. The Morgan fingerprint density at radius 1 is 1.31 bits per heavy atom. The van der Waals surface area contributed by atoms with Crippen LogP contribution in [0.1, 0.15) is 37.3 Å². The monoisotopic (exact) mass is 417 g/mol. The lowest BCUT2D eigenvalue weighted by molar-refractivity contribution is -0.139. The van der Waals surface area contributed by atoms with Crippen LogP contribution in [0.2, 0.25) is 5.02 Å². The van der Waals surface area contributed by atoms with Crippen LogP contribution < -0.4 is 10.6 Å². The Hall–Kier alpha value is -2.77. The van der Waals surface area contributed by atoms with Crippen molar-refractivity contribution in [3.63, 3.8) is 0 Å². The number of hydrogen-bond donors (Lipinski definition) is 2. The number of amides is 2. The molecule has 7 nitrogen and oxygen atoms in total. The first-order valence-corrected chi connectivity index (χ1v) is 9.75. The van der Waals surface area contributed by atoms with E-state index in [0.29, 0.717) is 28.6 Å². The summed E-state index contributed by atoms with van der Waals surface area (Å²) in [5.74, 6) is -0.0299. The summed E-state index contributed by atoms with van der Waals surface area (Å²) < 4.78 is 10.7. The topological polar surface area (TPSA) is 83.8 Å². The van der Waals surface area contributed by atoms with Crippen LogP contribution in [0.3, 0.4) is 0 Å². The van der Waals surface area contributed by atoms with Crippen molar-refractivity contribution in [3.05, 3.63) is 70.3 Å². The standard InChI is InChI=1S/C21H24ClN3O4/c1-4-28-20(26)18-16(23-21(27)24-19(18)17-6-5-11-29-17)12-25(3)13(2)14-7-9-15(22)10-8-14/h5-11,13,19H,4,12H2,1-3H3,(H2,23,24,27). The number of urea groups is 1. The average molecular weight is 418 g/mol. The minimum Gasteiger partial charge on any atom is -0.467 e. The molecule has 0 fully saturated rings. The number of hydrogen-bond acceptors (Lipinski definition) is 5. The third-order valence-electron chi connectivity index (χ3n) is 4.90. The third-order valence-corrected chi connectivity index (χ3v) is 5.15. The number of ether oxygens (including phenoxy) is 1. The van der Waals surface area contributed by atoms with Crippen molar-refractivity contribution in [1.29, 1.82) is 0 Å². The fourth-order valence-corrected chi connectivity index (χ4v) is 3.37. The second kappa shape index (κ2) is 9.15. The third kappa shape index (κ3) is 4.81. The van der Waals surface area contributed by atoms with E-state index >= 15 is 0 Å². The summed E-state index contributed by atoms with van der Waals surface area (Å²) in [5.41, 5.74) is 1.88. The highest BCUT2D eigenvalue weighted by molar-refractivity contribution is 6.30. The van der Waals surface area contributed by atoms with Gasteiger partial charge in [0.25, 0.3) is 0 Å². The number of halogens is 1. The molecular weight excluding hydrogens is 394 g/mol. The van der Waals surface area contributed by atoms with E-state index in [1.165, 1.54) is 6.26 Å². The Labute approximate surface area is 174 Å². The van der Waals surface area contributed by atoms with Crippen LogP contribution in [-0.2, 0) is 9.53 Å². The van der Waals surface area contributed by atoms with Gasteiger partial charge in [-0.3, -0.25) is 4.90 Å². The van der Waals surface area contributed by atoms with Gasteiger partial charge in [-0.05, 0) is 50.7 Å². The predicted molar refractivity (Wildman–Crippen MR) is 109 cm³/mol. The van der Waals surface area contributed by atoms with Crippen molar-refractivity contribution < 1.29 is 18.7 Å². The van der Waals surface area contributed by atoms with E-state index in [0.717, 1.165) is 5.56 Å². The van der Waals surface area contributed by atoms with Crippen molar-refractivity contribution in [1.82, 2.24) is 15.5 Å². The average Bonchev–Trinajstić information content (AvgIpc) is 3.22. The number of benzene rings is 1. The maximum absolute atomic E-state index is 12.7. The molecule has 0 bridgehead atoms. The van der Waals surface area contributed by atoms with Gasteiger partial charge in [0.2, 0.25) is 0 Å². The van der Waals surface area contributed by atoms with Crippen molar-refractivity contribution in [2.75, 3.05) is 20.2 Å². The Kier molecular flexibility index (Phi) is 6.61. The molecule has 0 aliphatic carbocycles. The van der Waals surface area contributed by atoms with Gasteiger partial charge in [-0.15, -0.1) is 0 Å². The minimum atomic E-state index is -0.716. The zero-order valence-electron chi connectivity index (χ0n) is 16.6. The number of esters is 1.